The van der Waals surface area contributed by atoms with Gasteiger partial charge >= 0.3 is 0 Å². The van der Waals surface area contributed by atoms with E-state index in [1.165, 1.54) is 0 Å². The minimum absolute atomic E-state index is 0.866. The molecule has 0 amide bonds. The molecule has 0 unspecified atom stereocenters. The number of methoxy groups -OCH3 is 1. The average Bonchev–Trinajstić information content (AvgIpc) is 2.82. The van der Waals surface area contributed by atoms with E-state index in [0.29, 0.717) is 0 Å². The quantitative estimate of drug-likeness (QED) is 0.726. The fourth-order valence-electron chi connectivity index (χ4n) is 1.54. The van der Waals surface area contributed by atoms with E-state index in [2.05, 4.69) is 9.97 Å². The highest BCUT2D eigenvalue weighted by Crippen LogP contribution is 2.33. The molecule has 1 aromatic carbocycles. The van der Waals surface area contributed by atoms with Gasteiger partial charge in [-0.15, -0.1) is 0 Å². The molecule has 0 atom stereocenters. The summed E-state index contributed by atoms with van der Waals surface area (Å²) in [6.45, 7) is 0. The van der Waals surface area contributed by atoms with Crippen molar-refractivity contribution < 1.29 is 4.74 Å². The van der Waals surface area contributed by atoms with Crippen molar-refractivity contribution in [2.75, 3.05) is 7.11 Å². The van der Waals surface area contributed by atoms with Gasteiger partial charge < -0.3 is 4.74 Å². The number of rotatable bonds is 3. The van der Waals surface area contributed by atoms with E-state index in [0.717, 1.165) is 25.3 Å². The average molecular weight is 274 g/mol. The SMILES string of the molecule is COc1ccc(Sc2nc3cccnc3s2)cc1. The van der Waals surface area contributed by atoms with Crippen molar-refractivity contribution in [3.63, 3.8) is 0 Å². The highest BCUT2D eigenvalue weighted by atomic mass is 32.2. The van der Waals surface area contributed by atoms with Gasteiger partial charge in [0.05, 0.1) is 7.11 Å². The van der Waals surface area contributed by atoms with Gasteiger partial charge in [0.2, 0.25) is 0 Å². The number of fused-ring (bicyclic) bond motifs is 1. The molecule has 0 spiro atoms. The van der Waals surface area contributed by atoms with Crippen LogP contribution < -0.4 is 4.74 Å². The normalized spacial score (nSPS) is 10.7. The highest BCUT2D eigenvalue weighted by Gasteiger charge is 2.05. The summed E-state index contributed by atoms with van der Waals surface area (Å²) >= 11 is 3.26. The van der Waals surface area contributed by atoms with Crippen LogP contribution in [0.4, 0.5) is 0 Å². The first-order valence-corrected chi connectivity index (χ1v) is 7.02. The van der Waals surface area contributed by atoms with E-state index in [-0.39, 0.29) is 0 Å². The Morgan fingerprint density at radius 3 is 2.72 bits per heavy atom. The van der Waals surface area contributed by atoms with Gasteiger partial charge in [0.1, 0.15) is 16.1 Å². The van der Waals surface area contributed by atoms with Gasteiger partial charge in [-0.05, 0) is 36.4 Å². The van der Waals surface area contributed by atoms with Crippen LogP contribution in [0.25, 0.3) is 10.3 Å². The van der Waals surface area contributed by atoms with Crippen LogP contribution in [0.1, 0.15) is 0 Å². The number of aromatic nitrogens is 2. The second-order valence-corrected chi connectivity index (χ2v) is 5.88. The summed E-state index contributed by atoms with van der Waals surface area (Å²) in [5.41, 5.74) is 0.957. The number of pyridine rings is 1. The number of thiazole rings is 1. The van der Waals surface area contributed by atoms with Crippen LogP contribution in [-0.4, -0.2) is 17.1 Å². The molecule has 5 heteroatoms. The van der Waals surface area contributed by atoms with Gasteiger partial charge in [0.25, 0.3) is 0 Å². The number of hydrogen-bond acceptors (Lipinski definition) is 5. The molecular formula is C13H10N2OS2. The predicted octanol–water partition coefficient (Wildman–Crippen LogP) is 3.85. The molecule has 0 N–H and O–H groups in total. The Labute approximate surface area is 113 Å². The lowest BCUT2D eigenvalue weighted by Gasteiger charge is -2.00. The van der Waals surface area contributed by atoms with Gasteiger partial charge in [-0.2, -0.15) is 0 Å². The van der Waals surface area contributed by atoms with Crippen molar-refractivity contribution in [3.8, 4) is 5.75 Å². The standard InChI is InChI=1S/C13H10N2OS2/c1-16-9-4-6-10(7-5-9)17-13-15-11-3-2-8-14-12(11)18-13/h2-8H,1H3. The lowest BCUT2D eigenvalue weighted by molar-refractivity contribution is 0.414. The van der Waals surface area contributed by atoms with Crippen molar-refractivity contribution in [1.29, 1.82) is 0 Å². The molecule has 0 aliphatic carbocycles. The minimum Gasteiger partial charge on any atom is -0.497 e. The highest BCUT2D eigenvalue weighted by molar-refractivity contribution is 8.01. The predicted molar refractivity (Wildman–Crippen MR) is 74.5 cm³/mol. The summed E-state index contributed by atoms with van der Waals surface area (Å²) in [4.78, 5) is 11.0. The lowest BCUT2D eigenvalue weighted by Crippen LogP contribution is -1.81. The molecule has 0 radical (unpaired) electrons. The zero-order chi connectivity index (χ0) is 12.4. The van der Waals surface area contributed by atoms with Crippen molar-refractivity contribution in [2.24, 2.45) is 0 Å². The molecule has 0 saturated heterocycles. The van der Waals surface area contributed by atoms with Crippen molar-refractivity contribution in [3.05, 3.63) is 42.6 Å². The summed E-state index contributed by atoms with van der Waals surface area (Å²) in [5.74, 6) is 0.866. The molecule has 90 valence electrons. The molecule has 2 aromatic heterocycles. The zero-order valence-electron chi connectivity index (χ0n) is 9.66. The second kappa shape index (κ2) is 4.96. The van der Waals surface area contributed by atoms with E-state index in [1.807, 2.05) is 36.4 Å². The first kappa shape index (κ1) is 11.5. The molecular weight excluding hydrogens is 264 g/mol. The summed E-state index contributed by atoms with van der Waals surface area (Å²) in [5, 5.41) is 0. The Balaban J connectivity index is 1.86. The molecule has 2 heterocycles. The van der Waals surface area contributed by atoms with Gasteiger partial charge in [-0.3, -0.25) is 0 Å². The van der Waals surface area contributed by atoms with Gasteiger partial charge in [-0.1, -0.05) is 23.1 Å². The first-order chi connectivity index (χ1) is 8.85. The minimum atomic E-state index is 0.866. The molecule has 0 aliphatic heterocycles. The van der Waals surface area contributed by atoms with Crippen LogP contribution in [0.15, 0.2) is 51.8 Å². The Morgan fingerprint density at radius 1 is 1.17 bits per heavy atom. The molecule has 3 nitrogen and oxygen atoms in total. The number of ether oxygens (including phenoxy) is 1. The molecule has 0 bridgehead atoms. The number of benzene rings is 1. The lowest BCUT2D eigenvalue weighted by atomic mass is 10.3. The Kier molecular flexibility index (Phi) is 3.17. The molecule has 3 rings (SSSR count). The Hall–Kier alpha value is -1.59. The summed E-state index contributed by atoms with van der Waals surface area (Å²) in [6, 6.07) is 11.9. The third-order valence-corrected chi connectivity index (χ3v) is 4.46. The van der Waals surface area contributed by atoms with Crippen LogP contribution in [0.5, 0.6) is 5.75 Å². The van der Waals surface area contributed by atoms with E-state index >= 15 is 0 Å². The maximum Gasteiger partial charge on any atom is 0.157 e. The maximum atomic E-state index is 5.14. The van der Waals surface area contributed by atoms with Gasteiger partial charge in [-0.25, -0.2) is 9.97 Å². The van der Waals surface area contributed by atoms with E-state index in [9.17, 15) is 0 Å². The van der Waals surface area contributed by atoms with E-state index in [4.69, 9.17) is 4.74 Å². The molecule has 18 heavy (non-hydrogen) atoms. The fourth-order valence-corrected chi connectivity index (χ4v) is 3.49. The largest absolute Gasteiger partial charge is 0.497 e. The van der Waals surface area contributed by atoms with E-state index in [1.54, 1.807) is 36.4 Å². The first-order valence-electron chi connectivity index (χ1n) is 5.38. The van der Waals surface area contributed by atoms with Gasteiger partial charge in [0.15, 0.2) is 4.34 Å². The Morgan fingerprint density at radius 2 is 2.00 bits per heavy atom. The third kappa shape index (κ3) is 2.32. The van der Waals surface area contributed by atoms with Crippen LogP contribution in [0.3, 0.4) is 0 Å². The topological polar surface area (TPSA) is 35.0 Å². The third-order valence-electron chi connectivity index (χ3n) is 2.41. The molecule has 0 saturated carbocycles. The van der Waals surface area contributed by atoms with Crippen molar-refractivity contribution in [2.45, 2.75) is 9.24 Å². The van der Waals surface area contributed by atoms with Crippen molar-refractivity contribution in [1.82, 2.24) is 9.97 Å². The summed E-state index contributed by atoms with van der Waals surface area (Å²) in [6.07, 6.45) is 1.79. The number of hydrogen-bond donors (Lipinski definition) is 0. The van der Waals surface area contributed by atoms with Crippen LogP contribution in [0.2, 0.25) is 0 Å². The molecule has 0 aliphatic rings. The monoisotopic (exact) mass is 274 g/mol. The van der Waals surface area contributed by atoms with Crippen LogP contribution in [0, 0.1) is 0 Å². The fraction of sp³-hybridized carbons (Fsp3) is 0.0769. The van der Waals surface area contributed by atoms with Crippen LogP contribution >= 0.6 is 23.1 Å². The summed E-state index contributed by atoms with van der Waals surface area (Å²) < 4.78 is 6.14. The maximum absolute atomic E-state index is 5.14. The molecule has 0 fully saturated rings. The smallest absolute Gasteiger partial charge is 0.157 e. The summed E-state index contributed by atoms with van der Waals surface area (Å²) in [7, 11) is 1.67. The molecule has 3 aromatic rings. The van der Waals surface area contributed by atoms with Gasteiger partial charge in [0, 0.05) is 11.1 Å². The Bertz CT molecular complexity index is 631. The van der Waals surface area contributed by atoms with Crippen molar-refractivity contribution >= 4 is 33.4 Å². The number of nitrogens with zero attached hydrogens (tertiary/aromatic N) is 2. The second-order valence-electron chi connectivity index (χ2n) is 3.59. The van der Waals surface area contributed by atoms with Crippen LogP contribution in [-0.2, 0) is 0 Å². The zero-order valence-corrected chi connectivity index (χ0v) is 11.3. The van der Waals surface area contributed by atoms with E-state index < -0.39 is 0 Å².